The van der Waals surface area contributed by atoms with E-state index in [1.807, 2.05) is 43.3 Å². The summed E-state index contributed by atoms with van der Waals surface area (Å²) < 4.78 is 11.5. The Morgan fingerprint density at radius 1 is 1.24 bits per heavy atom. The van der Waals surface area contributed by atoms with Crippen LogP contribution in [-0.2, 0) is 9.53 Å². The molecule has 1 saturated heterocycles. The number of amides is 1. The second-order valence-electron chi connectivity index (χ2n) is 7.93. The molecular formula is C25H29N5O3. The Bertz CT molecular complexity index is 1130. The van der Waals surface area contributed by atoms with Gasteiger partial charge >= 0.3 is 0 Å². The lowest BCUT2D eigenvalue weighted by molar-refractivity contribution is -0.111. The van der Waals surface area contributed by atoms with Crippen LogP contribution in [0.4, 0.5) is 17.2 Å². The molecule has 0 atom stereocenters. The molecule has 8 heteroatoms. The number of benzene rings is 2. The molecule has 1 aromatic heterocycles. The first kappa shape index (κ1) is 22.7. The minimum Gasteiger partial charge on any atom is -0.491 e. The maximum absolute atomic E-state index is 12.1. The standard InChI is InChI=1S/C25H29N5O3/c1-3-24(31)29-22-15-20-21(16-23(22)33-11-5-8-30-9-12-32-13-10-30)26-17-27-25(20)28-19-7-4-6-18(2)14-19/h3-4,6-7,14-17H,1,5,8-13H2,2H3,(H,29,31)(H,26,27,28). The number of aryl methyl sites for hydroxylation is 1. The van der Waals surface area contributed by atoms with Gasteiger partial charge in [0.25, 0.3) is 0 Å². The molecule has 0 aliphatic carbocycles. The van der Waals surface area contributed by atoms with Crippen LogP contribution in [0.1, 0.15) is 12.0 Å². The van der Waals surface area contributed by atoms with Gasteiger partial charge in [0, 0.05) is 36.8 Å². The van der Waals surface area contributed by atoms with Crippen molar-refractivity contribution in [2.24, 2.45) is 0 Å². The summed E-state index contributed by atoms with van der Waals surface area (Å²) in [6.07, 6.45) is 3.63. The fourth-order valence-corrected chi connectivity index (χ4v) is 3.74. The number of fused-ring (bicyclic) bond motifs is 1. The van der Waals surface area contributed by atoms with Crippen molar-refractivity contribution in [2.75, 3.05) is 50.1 Å². The second kappa shape index (κ2) is 10.9. The Hall–Kier alpha value is -3.49. The van der Waals surface area contributed by atoms with Gasteiger partial charge in [0.2, 0.25) is 5.91 Å². The normalized spacial score (nSPS) is 14.1. The Labute approximate surface area is 193 Å². The van der Waals surface area contributed by atoms with E-state index in [1.54, 1.807) is 0 Å². The van der Waals surface area contributed by atoms with Crippen molar-refractivity contribution in [3.05, 3.63) is 60.9 Å². The summed E-state index contributed by atoms with van der Waals surface area (Å²) in [7, 11) is 0. The molecule has 0 bridgehead atoms. The van der Waals surface area contributed by atoms with Crippen LogP contribution in [0.2, 0.25) is 0 Å². The second-order valence-corrected chi connectivity index (χ2v) is 7.93. The molecule has 1 aliphatic rings. The molecule has 0 saturated carbocycles. The Balaban J connectivity index is 1.55. The van der Waals surface area contributed by atoms with Crippen LogP contribution in [-0.4, -0.2) is 60.2 Å². The predicted octanol–water partition coefficient (Wildman–Crippen LogP) is 3.91. The van der Waals surface area contributed by atoms with Crippen LogP contribution < -0.4 is 15.4 Å². The number of hydrogen-bond donors (Lipinski definition) is 2. The van der Waals surface area contributed by atoms with Gasteiger partial charge in [0.05, 0.1) is 31.0 Å². The molecule has 1 aliphatic heterocycles. The molecule has 1 fully saturated rings. The third kappa shape index (κ3) is 6.06. The lowest BCUT2D eigenvalue weighted by Gasteiger charge is -2.26. The molecule has 0 radical (unpaired) electrons. The highest BCUT2D eigenvalue weighted by atomic mass is 16.5. The molecule has 1 amide bonds. The van der Waals surface area contributed by atoms with Crippen LogP contribution in [0.3, 0.4) is 0 Å². The number of nitrogens with one attached hydrogen (secondary N) is 2. The van der Waals surface area contributed by atoms with E-state index in [4.69, 9.17) is 9.47 Å². The van der Waals surface area contributed by atoms with E-state index in [0.717, 1.165) is 61.4 Å². The molecule has 2 aromatic carbocycles. The smallest absolute Gasteiger partial charge is 0.247 e. The summed E-state index contributed by atoms with van der Waals surface area (Å²) in [6.45, 7) is 10.5. The van der Waals surface area contributed by atoms with Crippen LogP contribution in [0.15, 0.2) is 55.4 Å². The molecule has 8 nitrogen and oxygen atoms in total. The largest absolute Gasteiger partial charge is 0.491 e. The summed E-state index contributed by atoms with van der Waals surface area (Å²) in [6, 6.07) is 11.7. The van der Waals surface area contributed by atoms with E-state index in [-0.39, 0.29) is 5.91 Å². The topological polar surface area (TPSA) is 88.6 Å². The third-order valence-corrected chi connectivity index (χ3v) is 5.44. The van der Waals surface area contributed by atoms with E-state index in [2.05, 4.69) is 32.1 Å². The lowest BCUT2D eigenvalue weighted by Crippen LogP contribution is -2.37. The van der Waals surface area contributed by atoms with Crippen molar-refractivity contribution in [1.29, 1.82) is 0 Å². The highest BCUT2D eigenvalue weighted by Gasteiger charge is 2.14. The predicted molar refractivity (Wildman–Crippen MR) is 130 cm³/mol. The SMILES string of the molecule is C=CC(=O)Nc1cc2c(Nc3cccc(C)c3)ncnc2cc1OCCCN1CCOCC1. The quantitative estimate of drug-likeness (QED) is 0.380. The number of nitrogens with zero attached hydrogens (tertiary/aromatic N) is 3. The minimum atomic E-state index is -0.308. The molecule has 172 valence electrons. The fraction of sp³-hybridized carbons (Fsp3) is 0.320. The molecule has 2 N–H and O–H groups in total. The monoisotopic (exact) mass is 447 g/mol. The van der Waals surface area contributed by atoms with E-state index in [9.17, 15) is 4.79 Å². The zero-order valence-corrected chi connectivity index (χ0v) is 18.8. The highest BCUT2D eigenvalue weighted by molar-refractivity contribution is 6.03. The average molecular weight is 448 g/mol. The molecule has 33 heavy (non-hydrogen) atoms. The van der Waals surface area contributed by atoms with Crippen molar-refractivity contribution < 1.29 is 14.3 Å². The number of anilines is 3. The number of morpholine rings is 1. The summed E-state index contributed by atoms with van der Waals surface area (Å²) in [5.41, 5.74) is 3.35. The number of hydrogen-bond acceptors (Lipinski definition) is 7. The van der Waals surface area contributed by atoms with Gasteiger partial charge in [-0.05, 0) is 43.2 Å². The highest BCUT2D eigenvalue weighted by Crippen LogP contribution is 2.33. The Kier molecular flexibility index (Phi) is 7.49. The lowest BCUT2D eigenvalue weighted by atomic mass is 10.1. The van der Waals surface area contributed by atoms with Crippen LogP contribution in [0.25, 0.3) is 10.9 Å². The maximum Gasteiger partial charge on any atom is 0.247 e. The van der Waals surface area contributed by atoms with E-state index in [1.165, 1.54) is 12.4 Å². The first-order chi connectivity index (χ1) is 16.1. The van der Waals surface area contributed by atoms with E-state index < -0.39 is 0 Å². The fourth-order valence-electron chi connectivity index (χ4n) is 3.74. The third-order valence-electron chi connectivity index (χ3n) is 5.44. The summed E-state index contributed by atoms with van der Waals surface area (Å²) in [4.78, 5) is 23.3. The van der Waals surface area contributed by atoms with Gasteiger partial charge in [-0.15, -0.1) is 0 Å². The molecule has 2 heterocycles. The van der Waals surface area contributed by atoms with Gasteiger partial charge in [0.1, 0.15) is 17.9 Å². The maximum atomic E-state index is 12.1. The van der Waals surface area contributed by atoms with Crippen molar-refractivity contribution in [3.63, 3.8) is 0 Å². The molecule has 0 spiro atoms. The molecule has 0 unspecified atom stereocenters. The zero-order chi connectivity index (χ0) is 23.0. The summed E-state index contributed by atoms with van der Waals surface area (Å²) in [5, 5.41) is 6.98. The van der Waals surface area contributed by atoms with Crippen molar-refractivity contribution >= 4 is 34.0 Å². The summed E-state index contributed by atoms with van der Waals surface area (Å²) in [5.74, 6) is 0.913. The van der Waals surface area contributed by atoms with Gasteiger partial charge in [-0.1, -0.05) is 18.7 Å². The van der Waals surface area contributed by atoms with Crippen LogP contribution in [0.5, 0.6) is 5.75 Å². The van der Waals surface area contributed by atoms with Gasteiger partial charge in [-0.3, -0.25) is 9.69 Å². The zero-order valence-electron chi connectivity index (χ0n) is 18.8. The van der Waals surface area contributed by atoms with Gasteiger partial charge in [0.15, 0.2) is 0 Å². The first-order valence-electron chi connectivity index (χ1n) is 11.1. The number of ether oxygens (including phenoxy) is 2. The van der Waals surface area contributed by atoms with Crippen molar-refractivity contribution in [3.8, 4) is 5.75 Å². The average Bonchev–Trinajstić information content (AvgIpc) is 2.83. The molecule has 3 aromatic rings. The van der Waals surface area contributed by atoms with E-state index in [0.29, 0.717) is 23.9 Å². The molecule has 4 rings (SSSR count). The number of carbonyl (C=O) groups is 1. The van der Waals surface area contributed by atoms with Crippen LogP contribution >= 0.6 is 0 Å². The minimum absolute atomic E-state index is 0.308. The van der Waals surface area contributed by atoms with Gasteiger partial charge in [-0.25, -0.2) is 9.97 Å². The number of aromatic nitrogens is 2. The van der Waals surface area contributed by atoms with Crippen LogP contribution in [0, 0.1) is 6.92 Å². The summed E-state index contributed by atoms with van der Waals surface area (Å²) >= 11 is 0. The Morgan fingerprint density at radius 2 is 2.09 bits per heavy atom. The van der Waals surface area contributed by atoms with Crippen molar-refractivity contribution in [1.82, 2.24) is 14.9 Å². The van der Waals surface area contributed by atoms with Gasteiger partial charge < -0.3 is 20.1 Å². The number of carbonyl (C=O) groups excluding carboxylic acids is 1. The van der Waals surface area contributed by atoms with Gasteiger partial charge in [-0.2, -0.15) is 0 Å². The number of rotatable bonds is 9. The first-order valence-corrected chi connectivity index (χ1v) is 11.1. The Morgan fingerprint density at radius 3 is 2.88 bits per heavy atom. The molecular weight excluding hydrogens is 418 g/mol. The van der Waals surface area contributed by atoms with E-state index >= 15 is 0 Å². The van der Waals surface area contributed by atoms with Crippen molar-refractivity contribution in [2.45, 2.75) is 13.3 Å².